The Balaban J connectivity index is 1.50. The summed E-state index contributed by atoms with van der Waals surface area (Å²) in [5, 5.41) is 2.66. The molecule has 3 aromatic carbocycles. The summed E-state index contributed by atoms with van der Waals surface area (Å²) < 4.78 is 23.8. The van der Waals surface area contributed by atoms with Crippen LogP contribution < -0.4 is 14.8 Å². The average molecular weight is 508 g/mol. The highest BCUT2D eigenvalue weighted by molar-refractivity contribution is 8.15. The Morgan fingerprint density at radius 1 is 1.03 bits per heavy atom. The molecule has 0 aliphatic carbocycles. The van der Waals surface area contributed by atoms with Crippen molar-refractivity contribution in [2.75, 3.05) is 26.1 Å². The highest BCUT2D eigenvalue weighted by Crippen LogP contribution is 2.33. The third-order valence-corrected chi connectivity index (χ3v) is 6.75. The van der Waals surface area contributed by atoms with E-state index >= 15 is 0 Å². The molecule has 4 rings (SSSR count). The molecular weight excluding hydrogens is 481 g/mol. The molecule has 186 valence electrons. The number of aliphatic imine (C=N–C) groups is 1. The molecule has 0 unspecified atom stereocenters. The van der Waals surface area contributed by atoms with Crippen LogP contribution in [0.1, 0.15) is 12.0 Å². The molecule has 0 spiro atoms. The smallest absolute Gasteiger partial charge is 0.242 e. The zero-order chi connectivity index (χ0) is 25.5. The topological polar surface area (TPSA) is 80.2 Å². The van der Waals surface area contributed by atoms with E-state index in [0.717, 1.165) is 11.3 Å². The van der Waals surface area contributed by atoms with E-state index in [-0.39, 0.29) is 24.1 Å². The van der Waals surface area contributed by atoms with Crippen LogP contribution in [0.3, 0.4) is 0 Å². The molecule has 2 amide bonds. The van der Waals surface area contributed by atoms with Crippen LogP contribution in [0.4, 0.5) is 15.8 Å². The van der Waals surface area contributed by atoms with Crippen molar-refractivity contribution in [3.8, 4) is 11.5 Å². The van der Waals surface area contributed by atoms with E-state index in [0.29, 0.717) is 35.3 Å². The van der Waals surface area contributed by atoms with Crippen LogP contribution >= 0.6 is 11.8 Å². The molecule has 0 radical (unpaired) electrons. The average Bonchev–Trinajstić information content (AvgIpc) is 3.17. The number of amidine groups is 1. The zero-order valence-electron chi connectivity index (χ0n) is 19.9. The molecule has 1 atom stereocenters. The number of thioether (sulfide) groups is 1. The minimum Gasteiger partial charge on any atom is -0.493 e. The molecule has 3 aromatic rings. The molecule has 36 heavy (non-hydrogen) atoms. The number of carbonyl (C=O) groups excluding carboxylic acids is 2. The molecule has 1 saturated heterocycles. The van der Waals surface area contributed by atoms with Gasteiger partial charge in [-0.1, -0.05) is 36.0 Å². The summed E-state index contributed by atoms with van der Waals surface area (Å²) in [6.45, 7) is 0.392. The van der Waals surface area contributed by atoms with E-state index in [9.17, 15) is 14.0 Å². The van der Waals surface area contributed by atoms with Crippen LogP contribution in [0.25, 0.3) is 0 Å². The summed E-state index contributed by atoms with van der Waals surface area (Å²) in [5.74, 6) is 0.359. The van der Waals surface area contributed by atoms with Crippen LogP contribution in [0, 0.1) is 5.82 Å². The molecule has 1 fully saturated rings. The van der Waals surface area contributed by atoms with Gasteiger partial charge in [0.1, 0.15) is 11.1 Å². The Morgan fingerprint density at radius 3 is 2.44 bits per heavy atom. The van der Waals surface area contributed by atoms with E-state index in [1.807, 2.05) is 48.5 Å². The van der Waals surface area contributed by atoms with Gasteiger partial charge in [0.25, 0.3) is 0 Å². The SMILES string of the molecule is COc1ccc(CCN2C(=O)[C@H](CC(=O)Nc3ccc(F)cc3)SC2=Nc2ccccc2)cc1OC. The molecule has 1 aliphatic rings. The number of nitrogens with zero attached hydrogens (tertiary/aromatic N) is 2. The summed E-state index contributed by atoms with van der Waals surface area (Å²) in [6, 6.07) is 20.5. The molecular formula is C27H26FN3O4S. The molecule has 1 heterocycles. The summed E-state index contributed by atoms with van der Waals surface area (Å²) in [7, 11) is 3.16. The van der Waals surface area contributed by atoms with Crippen LogP contribution in [0.5, 0.6) is 11.5 Å². The fourth-order valence-corrected chi connectivity index (χ4v) is 4.92. The lowest BCUT2D eigenvalue weighted by molar-refractivity contribution is -0.128. The van der Waals surface area contributed by atoms with Crippen LogP contribution in [-0.4, -0.2) is 47.9 Å². The molecule has 7 nitrogen and oxygen atoms in total. The predicted molar refractivity (Wildman–Crippen MR) is 140 cm³/mol. The molecule has 0 aromatic heterocycles. The quantitative estimate of drug-likeness (QED) is 0.439. The Hall–Kier alpha value is -3.85. The van der Waals surface area contributed by atoms with Crippen molar-refractivity contribution in [2.45, 2.75) is 18.1 Å². The number of carbonyl (C=O) groups is 2. The lowest BCUT2D eigenvalue weighted by Gasteiger charge is -2.17. The minimum atomic E-state index is -0.613. The number of hydrogen-bond donors (Lipinski definition) is 1. The van der Waals surface area contributed by atoms with Crippen molar-refractivity contribution < 1.29 is 23.5 Å². The second kappa shape index (κ2) is 11.7. The van der Waals surface area contributed by atoms with Gasteiger partial charge in [-0.3, -0.25) is 14.5 Å². The number of para-hydroxylation sites is 1. The van der Waals surface area contributed by atoms with Crippen molar-refractivity contribution in [2.24, 2.45) is 4.99 Å². The van der Waals surface area contributed by atoms with Gasteiger partial charge in [-0.05, 0) is 60.5 Å². The van der Waals surface area contributed by atoms with Gasteiger partial charge in [-0.25, -0.2) is 9.38 Å². The largest absolute Gasteiger partial charge is 0.493 e. The Kier molecular flexibility index (Phi) is 8.22. The van der Waals surface area contributed by atoms with Gasteiger partial charge in [0, 0.05) is 18.7 Å². The van der Waals surface area contributed by atoms with Crippen LogP contribution in [-0.2, 0) is 16.0 Å². The monoisotopic (exact) mass is 507 g/mol. The highest BCUT2D eigenvalue weighted by Gasteiger charge is 2.39. The number of benzene rings is 3. The number of nitrogens with one attached hydrogen (secondary N) is 1. The van der Waals surface area contributed by atoms with Gasteiger partial charge in [-0.2, -0.15) is 0 Å². The molecule has 1 N–H and O–H groups in total. The standard InChI is InChI=1S/C27H26FN3O4S/c1-34-22-13-8-18(16-23(22)35-2)14-15-31-26(33)24(36-27(31)30-20-6-4-3-5-7-20)17-25(32)29-21-11-9-19(28)10-12-21/h3-13,16,24H,14-15,17H2,1-2H3,(H,29,32)/t24-/m0/s1. The van der Waals surface area contributed by atoms with Crippen molar-refractivity contribution >= 4 is 40.1 Å². The minimum absolute atomic E-state index is 0.0262. The van der Waals surface area contributed by atoms with Gasteiger partial charge in [0.15, 0.2) is 16.7 Å². The second-order valence-corrected chi connectivity index (χ2v) is 9.19. The zero-order valence-corrected chi connectivity index (χ0v) is 20.8. The maximum Gasteiger partial charge on any atom is 0.242 e. The number of methoxy groups -OCH3 is 2. The third kappa shape index (κ3) is 6.23. The maximum absolute atomic E-state index is 13.3. The molecule has 9 heteroatoms. The van der Waals surface area contributed by atoms with Gasteiger partial charge in [0.2, 0.25) is 11.8 Å². The summed E-state index contributed by atoms with van der Waals surface area (Å²) in [6.07, 6.45) is 0.538. The van der Waals surface area contributed by atoms with Crippen molar-refractivity contribution in [3.63, 3.8) is 0 Å². The van der Waals surface area contributed by atoms with Crippen LogP contribution in [0.2, 0.25) is 0 Å². The number of hydrogen-bond acceptors (Lipinski definition) is 6. The first-order chi connectivity index (χ1) is 17.5. The lowest BCUT2D eigenvalue weighted by atomic mass is 10.1. The third-order valence-electron chi connectivity index (χ3n) is 5.57. The first kappa shape index (κ1) is 25.2. The van der Waals surface area contributed by atoms with E-state index in [1.165, 1.54) is 36.0 Å². The lowest BCUT2D eigenvalue weighted by Crippen LogP contribution is -2.35. The number of rotatable bonds is 9. The molecule has 1 aliphatic heterocycles. The fourth-order valence-electron chi connectivity index (χ4n) is 3.73. The molecule has 0 bridgehead atoms. The number of halogens is 1. The predicted octanol–water partition coefficient (Wildman–Crippen LogP) is 5.05. The van der Waals surface area contributed by atoms with Gasteiger partial charge in [-0.15, -0.1) is 0 Å². The molecule has 0 saturated carbocycles. The van der Waals surface area contributed by atoms with Gasteiger partial charge >= 0.3 is 0 Å². The first-order valence-electron chi connectivity index (χ1n) is 11.3. The number of ether oxygens (including phenoxy) is 2. The van der Waals surface area contributed by atoms with Gasteiger partial charge in [0.05, 0.1) is 19.9 Å². The Labute approximate surface area is 213 Å². The number of amides is 2. The Bertz CT molecular complexity index is 1250. The van der Waals surface area contributed by atoms with Crippen molar-refractivity contribution in [3.05, 3.63) is 84.2 Å². The van der Waals surface area contributed by atoms with E-state index in [4.69, 9.17) is 9.47 Å². The summed E-state index contributed by atoms with van der Waals surface area (Å²) in [4.78, 5) is 32.3. The summed E-state index contributed by atoms with van der Waals surface area (Å²) in [5.41, 5.74) is 2.17. The highest BCUT2D eigenvalue weighted by atomic mass is 32.2. The number of anilines is 1. The second-order valence-electron chi connectivity index (χ2n) is 8.02. The normalized spacial score (nSPS) is 16.3. The Morgan fingerprint density at radius 2 is 1.75 bits per heavy atom. The maximum atomic E-state index is 13.3. The summed E-state index contributed by atoms with van der Waals surface area (Å²) >= 11 is 1.27. The van der Waals surface area contributed by atoms with Crippen molar-refractivity contribution in [1.82, 2.24) is 4.90 Å². The fraction of sp³-hybridized carbons (Fsp3) is 0.222. The van der Waals surface area contributed by atoms with Crippen LogP contribution in [0.15, 0.2) is 77.8 Å². The van der Waals surface area contributed by atoms with E-state index in [2.05, 4.69) is 10.3 Å². The first-order valence-corrected chi connectivity index (χ1v) is 12.2. The van der Waals surface area contributed by atoms with Gasteiger partial charge < -0.3 is 14.8 Å². The van der Waals surface area contributed by atoms with E-state index in [1.54, 1.807) is 19.1 Å². The van der Waals surface area contributed by atoms with Crippen molar-refractivity contribution in [1.29, 1.82) is 0 Å². The van der Waals surface area contributed by atoms with E-state index < -0.39 is 5.25 Å².